The van der Waals surface area contributed by atoms with Crippen LogP contribution < -0.4 is 4.74 Å². The van der Waals surface area contributed by atoms with Gasteiger partial charge in [0.2, 0.25) is 11.7 Å². The Bertz CT molecular complexity index is 509. The molecule has 0 aliphatic rings. The monoisotopic (exact) mass is 246 g/mol. The summed E-state index contributed by atoms with van der Waals surface area (Å²) in [6.45, 7) is 6.43. The van der Waals surface area contributed by atoms with Gasteiger partial charge in [0.1, 0.15) is 5.75 Å². The molecule has 0 saturated carbocycles. The van der Waals surface area contributed by atoms with Crippen LogP contribution in [0.5, 0.6) is 5.75 Å². The van der Waals surface area contributed by atoms with E-state index in [0.29, 0.717) is 11.7 Å². The van der Waals surface area contributed by atoms with Crippen LogP contribution in [0.15, 0.2) is 28.8 Å². The molecule has 4 heteroatoms. The average Bonchev–Trinajstić information content (AvgIpc) is 2.75. The van der Waals surface area contributed by atoms with Gasteiger partial charge >= 0.3 is 0 Å². The van der Waals surface area contributed by atoms with Crippen molar-refractivity contribution >= 4 is 0 Å². The van der Waals surface area contributed by atoms with E-state index in [1.165, 1.54) is 0 Å². The van der Waals surface area contributed by atoms with Gasteiger partial charge in [-0.3, -0.25) is 0 Å². The molecule has 0 fully saturated rings. The van der Waals surface area contributed by atoms with Crippen LogP contribution in [0.1, 0.15) is 26.7 Å². The molecular weight excluding hydrogens is 228 g/mol. The van der Waals surface area contributed by atoms with Gasteiger partial charge in [0, 0.05) is 12.0 Å². The fraction of sp³-hybridized carbons (Fsp3) is 0.429. The zero-order valence-corrected chi connectivity index (χ0v) is 11.2. The standard InChI is InChI=1S/C14H18N2O2/c1-14(2,3)9-12-15-13(16-18-12)10-5-7-11(17-4)8-6-10/h5-8H,9H2,1-4H3. The Morgan fingerprint density at radius 3 is 2.39 bits per heavy atom. The summed E-state index contributed by atoms with van der Waals surface area (Å²) in [7, 11) is 1.64. The molecule has 2 aromatic rings. The van der Waals surface area contributed by atoms with Gasteiger partial charge in [-0.1, -0.05) is 25.9 Å². The second-order valence-electron chi connectivity index (χ2n) is 5.48. The van der Waals surface area contributed by atoms with E-state index in [1.807, 2.05) is 24.3 Å². The molecule has 1 aromatic heterocycles. The zero-order chi connectivity index (χ0) is 13.2. The van der Waals surface area contributed by atoms with Gasteiger partial charge < -0.3 is 9.26 Å². The minimum atomic E-state index is 0.143. The van der Waals surface area contributed by atoms with Crippen molar-refractivity contribution in [2.24, 2.45) is 5.41 Å². The Morgan fingerprint density at radius 1 is 1.17 bits per heavy atom. The van der Waals surface area contributed by atoms with Crippen LogP contribution >= 0.6 is 0 Å². The lowest BCUT2D eigenvalue weighted by molar-refractivity contribution is 0.314. The molecule has 0 atom stereocenters. The van der Waals surface area contributed by atoms with Crippen LogP contribution in [-0.2, 0) is 6.42 Å². The van der Waals surface area contributed by atoms with E-state index in [4.69, 9.17) is 9.26 Å². The highest BCUT2D eigenvalue weighted by Gasteiger charge is 2.17. The summed E-state index contributed by atoms with van der Waals surface area (Å²) in [5.74, 6) is 2.11. The van der Waals surface area contributed by atoms with Crippen molar-refractivity contribution in [3.63, 3.8) is 0 Å². The second kappa shape index (κ2) is 4.80. The van der Waals surface area contributed by atoms with Crippen LogP contribution in [0.3, 0.4) is 0 Å². The third-order valence-electron chi connectivity index (χ3n) is 2.50. The van der Waals surface area contributed by atoms with Crippen LogP contribution in [-0.4, -0.2) is 17.3 Å². The fourth-order valence-electron chi connectivity index (χ4n) is 1.64. The van der Waals surface area contributed by atoms with Crippen molar-refractivity contribution in [1.29, 1.82) is 0 Å². The topological polar surface area (TPSA) is 48.2 Å². The molecule has 0 spiro atoms. The van der Waals surface area contributed by atoms with Crippen LogP contribution in [0, 0.1) is 5.41 Å². The largest absolute Gasteiger partial charge is 0.497 e. The van der Waals surface area contributed by atoms with E-state index < -0.39 is 0 Å². The van der Waals surface area contributed by atoms with Gasteiger partial charge in [-0.15, -0.1) is 0 Å². The third-order valence-corrected chi connectivity index (χ3v) is 2.50. The fourth-order valence-corrected chi connectivity index (χ4v) is 1.64. The number of rotatable bonds is 3. The number of aromatic nitrogens is 2. The minimum absolute atomic E-state index is 0.143. The third kappa shape index (κ3) is 3.09. The molecule has 0 bridgehead atoms. The van der Waals surface area contributed by atoms with Gasteiger partial charge in [0.25, 0.3) is 0 Å². The maximum absolute atomic E-state index is 5.26. The molecule has 0 saturated heterocycles. The molecule has 0 N–H and O–H groups in total. The van der Waals surface area contributed by atoms with Crippen LogP contribution in [0.25, 0.3) is 11.4 Å². The summed E-state index contributed by atoms with van der Waals surface area (Å²) in [5.41, 5.74) is 1.07. The van der Waals surface area contributed by atoms with Crippen molar-refractivity contribution in [3.05, 3.63) is 30.2 Å². The zero-order valence-electron chi connectivity index (χ0n) is 11.2. The summed E-state index contributed by atoms with van der Waals surface area (Å²) < 4.78 is 10.4. The Balaban J connectivity index is 2.18. The predicted molar refractivity (Wildman–Crippen MR) is 69.4 cm³/mol. The molecule has 0 radical (unpaired) electrons. The smallest absolute Gasteiger partial charge is 0.227 e. The van der Waals surface area contributed by atoms with Gasteiger partial charge in [0.15, 0.2) is 0 Å². The number of nitrogens with zero attached hydrogens (tertiary/aromatic N) is 2. The lowest BCUT2D eigenvalue weighted by Crippen LogP contribution is -2.09. The van der Waals surface area contributed by atoms with Crippen molar-refractivity contribution in [2.45, 2.75) is 27.2 Å². The summed E-state index contributed by atoms with van der Waals surface area (Å²) in [5, 5.41) is 4.00. The van der Waals surface area contributed by atoms with Gasteiger partial charge in [-0.25, -0.2) is 0 Å². The quantitative estimate of drug-likeness (QED) is 0.833. The number of benzene rings is 1. The molecule has 0 unspecified atom stereocenters. The summed E-state index contributed by atoms with van der Waals surface area (Å²) in [4.78, 5) is 4.40. The molecule has 0 aliphatic heterocycles. The van der Waals surface area contributed by atoms with Crippen molar-refractivity contribution in [1.82, 2.24) is 10.1 Å². The van der Waals surface area contributed by atoms with E-state index in [-0.39, 0.29) is 5.41 Å². The molecule has 1 aromatic carbocycles. The summed E-state index contributed by atoms with van der Waals surface area (Å²) in [6.07, 6.45) is 0.774. The minimum Gasteiger partial charge on any atom is -0.497 e. The van der Waals surface area contributed by atoms with E-state index in [2.05, 4.69) is 30.9 Å². The van der Waals surface area contributed by atoms with E-state index in [9.17, 15) is 0 Å². The predicted octanol–water partition coefficient (Wildman–Crippen LogP) is 3.33. The molecule has 0 amide bonds. The molecule has 4 nitrogen and oxygen atoms in total. The van der Waals surface area contributed by atoms with E-state index >= 15 is 0 Å². The maximum Gasteiger partial charge on any atom is 0.227 e. The lowest BCUT2D eigenvalue weighted by Gasteiger charge is -2.13. The normalized spacial score (nSPS) is 11.6. The highest BCUT2D eigenvalue weighted by Crippen LogP contribution is 2.23. The molecular formula is C14H18N2O2. The molecule has 18 heavy (non-hydrogen) atoms. The first kappa shape index (κ1) is 12.6. The molecule has 1 heterocycles. The van der Waals surface area contributed by atoms with Crippen molar-refractivity contribution in [3.8, 4) is 17.1 Å². The Hall–Kier alpha value is -1.84. The Kier molecular flexibility index (Phi) is 3.36. The number of methoxy groups -OCH3 is 1. The van der Waals surface area contributed by atoms with Gasteiger partial charge in [0.05, 0.1) is 7.11 Å². The Morgan fingerprint density at radius 2 is 1.83 bits per heavy atom. The Labute approximate surface area is 107 Å². The molecule has 96 valence electrons. The molecule has 2 rings (SSSR count). The maximum atomic E-state index is 5.26. The van der Waals surface area contributed by atoms with Gasteiger partial charge in [-0.05, 0) is 29.7 Å². The SMILES string of the molecule is COc1ccc(-c2noc(CC(C)(C)C)n2)cc1. The van der Waals surface area contributed by atoms with Gasteiger partial charge in [-0.2, -0.15) is 4.98 Å². The van der Waals surface area contributed by atoms with Crippen LogP contribution in [0.4, 0.5) is 0 Å². The number of hydrogen-bond acceptors (Lipinski definition) is 4. The first-order chi connectivity index (χ1) is 8.48. The van der Waals surface area contributed by atoms with E-state index in [1.54, 1.807) is 7.11 Å². The highest BCUT2D eigenvalue weighted by atomic mass is 16.5. The first-order valence-electron chi connectivity index (χ1n) is 5.95. The van der Waals surface area contributed by atoms with E-state index in [0.717, 1.165) is 17.7 Å². The number of hydrogen-bond donors (Lipinski definition) is 0. The summed E-state index contributed by atoms with van der Waals surface area (Å²) in [6, 6.07) is 7.61. The first-order valence-corrected chi connectivity index (χ1v) is 5.95. The average molecular weight is 246 g/mol. The second-order valence-corrected chi connectivity index (χ2v) is 5.48. The van der Waals surface area contributed by atoms with Crippen LogP contribution in [0.2, 0.25) is 0 Å². The van der Waals surface area contributed by atoms with Crippen molar-refractivity contribution in [2.75, 3.05) is 7.11 Å². The highest BCUT2D eigenvalue weighted by molar-refractivity contribution is 5.55. The number of ether oxygens (including phenoxy) is 1. The van der Waals surface area contributed by atoms with Crippen molar-refractivity contribution < 1.29 is 9.26 Å². The molecule has 0 aliphatic carbocycles. The lowest BCUT2D eigenvalue weighted by atomic mass is 9.92. The summed E-state index contributed by atoms with van der Waals surface area (Å²) >= 11 is 0.